The van der Waals surface area contributed by atoms with Gasteiger partial charge >= 0.3 is 0 Å². The second kappa shape index (κ2) is 6.42. The Morgan fingerprint density at radius 1 is 0.821 bits per heavy atom. The molecule has 6 heteroatoms. The van der Waals surface area contributed by atoms with Gasteiger partial charge in [0.15, 0.2) is 0 Å². The molecule has 0 saturated carbocycles. The predicted molar refractivity (Wildman–Crippen MR) is 105 cm³/mol. The van der Waals surface area contributed by atoms with E-state index in [9.17, 15) is 9.28 Å². The summed E-state index contributed by atoms with van der Waals surface area (Å²) < 4.78 is 15.4. The minimum absolute atomic E-state index is 0.107. The lowest BCUT2D eigenvalue weighted by molar-refractivity contribution is -0.119. The van der Waals surface area contributed by atoms with Gasteiger partial charge in [-0.15, -0.1) is 5.12 Å². The van der Waals surface area contributed by atoms with Crippen molar-refractivity contribution in [2.75, 3.05) is 5.12 Å². The quantitative estimate of drug-likeness (QED) is 0.503. The number of fused-ring (bicyclic) bond motifs is 1. The summed E-state index contributed by atoms with van der Waals surface area (Å²) in [5.41, 5.74) is 6.21. The van der Waals surface area contributed by atoms with Gasteiger partial charge in [-0.05, 0) is 52.1 Å². The van der Waals surface area contributed by atoms with Crippen LogP contribution in [-0.2, 0) is 11.2 Å². The molecule has 1 amide bonds. The number of amides is 1. The maximum atomic E-state index is 13.7. The number of carbonyl (C=O) groups excluding carboxylic acids is 1. The first kappa shape index (κ1) is 16.4. The van der Waals surface area contributed by atoms with Gasteiger partial charge in [-0.1, -0.05) is 46.9 Å². The third-order valence-electron chi connectivity index (χ3n) is 4.95. The molecule has 0 unspecified atom stereocenters. The van der Waals surface area contributed by atoms with Gasteiger partial charge in [0.05, 0.1) is 17.8 Å². The highest BCUT2D eigenvalue weighted by molar-refractivity contribution is 6.00. The lowest BCUT2D eigenvalue weighted by atomic mass is 9.98. The lowest BCUT2D eigenvalue weighted by Crippen LogP contribution is -2.15. The summed E-state index contributed by atoms with van der Waals surface area (Å²) in [7, 11) is 0. The van der Waals surface area contributed by atoms with Gasteiger partial charge in [-0.25, -0.2) is 9.67 Å². The molecule has 0 saturated heterocycles. The van der Waals surface area contributed by atoms with E-state index in [2.05, 4.69) is 22.2 Å². The number of aromatic nitrogens is 3. The Bertz CT molecular complexity index is 1150. The van der Waals surface area contributed by atoms with Crippen LogP contribution in [0.25, 0.3) is 27.9 Å². The zero-order valence-electron chi connectivity index (χ0n) is 14.8. The molecule has 0 fully saturated rings. The van der Waals surface area contributed by atoms with Gasteiger partial charge in [-0.2, -0.15) is 5.10 Å². The lowest BCUT2D eigenvalue weighted by Gasteiger charge is -2.08. The number of carbonyl (C=O) groups is 1. The van der Waals surface area contributed by atoms with Gasteiger partial charge in [-0.3, -0.25) is 4.79 Å². The van der Waals surface area contributed by atoms with Gasteiger partial charge < -0.3 is 0 Å². The zero-order valence-corrected chi connectivity index (χ0v) is 14.8. The van der Waals surface area contributed by atoms with E-state index in [4.69, 9.17) is 0 Å². The SMILES string of the molecule is O=C1Cc2cc(-c3ccc(-c4ccc(-n5cncn5)cc4)cc3)ccc2N1F. The van der Waals surface area contributed by atoms with E-state index in [-0.39, 0.29) is 11.5 Å². The zero-order chi connectivity index (χ0) is 19.1. The highest BCUT2D eigenvalue weighted by Gasteiger charge is 2.27. The Morgan fingerprint density at radius 2 is 1.43 bits per heavy atom. The molecule has 0 bridgehead atoms. The van der Waals surface area contributed by atoms with Crippen molar-refractivity contribution in [1.29, 1.82) is 0 Å². The molecule has 0 spiro atoms. The average molecular weight is 370 g/mol. The molecule has 28 heavy (non-hydrogen) atoms. The Morgan fingerprint density at radius 3 is 2.07 bits per heavy atom. The number of benzene rings is 3. The molecule has 0 aliphatic carbocycles. The van der Waals surface area contributed by atoms with Gasteiger partial charge in [0, 0.05) is 0 Å². The first-order valence-corrected chi connectivity index (χ1v) is 8.86. The summed E-state index contributed by atoms with van der Waals surface area (Å²) in [6, 6.07) is 21.6. The van der Waals surface area contributed by atoms with E-state index in [1.54, 1.807) is 17.1 Å². The predicted octanol–water partition coefficient (Wildman–Crippen LogP) is 4.37. The van der Waals surface area contributed by atoms with Crippen LogP contribution < -0.4 is 5.12 Å². The van der Waals surface area contributed by atoms with Crippen molar-refractivity contribution in [2.45, 2.75) is 6.42 Å². The van der Waals surface area contributed by atoms with Crippen molar-refractivity contribution in [2.24, 2.45) is 0 Å². The summed E-state index contributed by atoms with van der Waals surface area (Å²) in [6.07, 6.45) is 3.28. The van der Waals surface area contributed by atoms with Crippen molar-refractivity contribution in [1.82, 2.24) is 14.8 Å². The van der Waals surface area contributed by atoms with Crippen LogP contribution in [0.5, 0.6) is 0 Å². The standard InChI is InChI=1S/C22H15FN4O/c23-27-21-10-7-18(11-19(21)12-22(27)28)17-3-1-15(2-4-17)16-5-8-20(9-6-16)26-14-24-13-25-26/h1-11,13-14H,12H2. The highest BCUT2D eigenvalue weighted by atomic mass is 19.2. The molecule has 2 heterocycles. The maximum Gasteiger partial charge on any atom is 0.259 e. The first-order chi connectivity index (χ1) is 13.7. The third kappa shape index (κ3) is 2.75. The Balaban J connectivity index is 1.41. The van der Waals surface area contributed by atoms with Crippen LogP contribution >= 0.6 is 0 Å². The number of halogens is 1. The minimum atomic E-state index is -0.517. The largest absolute Gasteiger partial charge is 0.272 e. The van der Waals surface area contributed by atoms with Crippen LogP contribution in [0.1, 0.15) is 5.56 Å². The fourth-order valence-electron chi connectivity index (χ4n) is 3.47. The number of nitrogens with zero attached hydrogens (tertiary/aromatic N) is 4. The molecule has 4 aromatic rings. The van der Waals surface area contributed by atoms with E-state index in [0.29, 0.717) is 5.69 Å². The van der Waals surface area contributed by atoms with Gasteiger partial charge in [0.25, 0.3) is 5.91 Å². The molecule has 136 valence electrons. The number of hydrogen-bond acceptors (Lipinski definition) is 3. The number of hydrogen-bond donors (Lipinski definition) is 0. The summed E-state index contributed by atoms with van der Waals surface area (Å²) in [5, 5.41) is 4.35. The van der Waals surface area contributed by atoms with Gasteiger partial charge in [0.2, 0.25) is 0 Å². The molecular weight excluding hydrogens is 355 g/mol. The molecule has 1 aliphatic heterocycles. The van der Waals surface area contributed by atoms with Crippen LogP contribution in [0, 0.1) is 0 Å². The van der Waals surface area contributed by atoms with Crippen LogP contribution in [0.15, 0.2) is 79.4 Å². The van der Waals surface area contributed by atoms with Crippen molar-refractivity contribution in [3.8, 4) is 27.9 Å². The fourth-order valence-corrected chi connectivity index (χ4v) is 3.47. The maximum absolute atomic E-state index is 13.7. The Labute approximate surface area is 160 Å². The molecule has 5 nitrogen and oxygen atoms in total. The monoisotopic (exact) mass is 370 g/mol. The summed E-state index contributed by atoms with van der Waals surface area (Å²) in [4.78, 5) is 15.5. The topological polar surface area (TPSA) is 51.0 Å². The van der Waals surface area contributed by atoms with Crippen LogP contribution in [-0.4, -0.2) is 20.7 Å². The third-order valence-corrected chi connectivity index (χ3v) is 4.95. The fraction of sp³-hybridized carbons (Fsp3) is 0.0455. The Hall–Kier alpha value is -3.80. The molecule has 1 aromatic heterocycles. The van der Waals surface area contributed by atoms with Crippen LogP contribution in [0.4, 0.5) is 10.2 Å². The normalized spacial score (nSPS) is 13.0. The molecule has 5 rings (SSSR count). The average Bonchev–Trinajstić information content (AvgIpc) is 3.37. The van der Waals surface area contributed by atoms with Crippen molar-refractivity contribution < 1.29 is 9.28 Å². The van der Waals surface area contributed by atoms with E-state index < -0.39 is 5.91 Å². The second-order valence-corrected chi connectivity index (χ2v) is 6.66. The van der Waals surface area contributed by atoms with Gasteiger partial charge in [0.1, 0.15) is 12.7 Å². The molecule has 0 radical (unpaired) electrons. The van der Waals surface area contributed by atoms with Crippen molar-refractivity contribution >= 4 is 11.6 Å². The summed E-state index contributed by atoms with van der Waals surface area (Å²) in [6.45, 7) is 0. The summed E-state index contributed by atoms with van der Waals surface area (Å²) >= 11 is 0. The van der Waals surface area contributed by atoms with Crippen molar-refractivity contribution in [3.63, 3.8) is 0 Å². The Kier molecular flexibility index (Phi) is 3.76. The smallest absolute Gasteiger partial charge is 0.259 e. The summed E-state index contributed by atoms with van der Waals surface area (Å²) in [5.74, 6) is -0.517. The molecule has 0 atom stereocenters. The van der Waals surface area contributed by atoms with Crippen LogP contribution in [0.2, 0.25) is 0 Å². The highest BCUT2D eigenvalue weighted by Crippen LogP contribution is 2.33. The van der Waals surface area contributed by atoms with E-state index in [1.165, 1.54) is 6.33 Å². The molecular formula is C22H15FN4O. The van der Waals surface area contributed by atoms with E-state index in [1.807, 2.05) is 48.5 Å². The van der Waals surface area contributed by atoms with E-state index >= 15 is 0 Å². The molecule has 0 N–H and O–H groups in total. The number of rotatable bonds is 3. The van der Waals surface area contributed by atoms with E-state index in [0.717, 1.165) is 33.5 Å². The van der Waals surface area contributed by atoms with Crippen LogP contribution in [0.3, 0.4) is 0 Å². The molecule has 3 aromatic carbocycles. The second-order valence-electron chi connectivity index (χ2n) is 6.66. The molecule has 1 aliphatic rings. The van der Waals surface area contributed by atoms with Crippen molar-refractivity contribution in [3.05, 3.63) is 84.9 Å². The minimum Gasteiger partial charge on any atom is -0.272 e. The number of anilines is 1. The first-order valence-electron chi connectivity index (χ1n) is 8.86.